The minimum absolute atomic E-state index is 0.0205. The Morgan fingerprint density at radius 1 is 1.17 bits per heavy atom. The molecule has 0 saturated carbocycles. The van der Waals surface area contributed by atoms with Crippen LogP contribution in [0.4, 0.5) is 4.39 Å². The van der Waals surface area contributed by atoms with E-state index in [-0.39, 0.29) is 29.6 Å². The first kappa shape index (κ1) is 17.4. The molecule has 0 bridgehead atoms. The number of piperidine rings is 1. The zero-order valence-electron chi connectivity index (χ0n) is 13.8. The Kier molecular flexibility index (Phi) is 6.13. The molecule has 1 aromatic carbocycles. The van der Waals surface area contributed by atoms with E-state index in [9.17, 15) is 14.0 Å². The number of halogens is 1. The fourth-order valence-corrected chi connectivity index (χ4v) is 2.93. The number of likely N-dealkylation sites (tertiary alicyclic amines) is 1. The van der Waals surface area contributed by atoms with Crippen LogP contribution >= 0.6 is 0 Å². The Morgan fingerprint density at radius 3 is 2.26 bits per heavy atom. The number of rotatable bonds is 5. The molecule has 1 aliphatic heterocycles. The van der Waals surface area contributed by atoms with Crippen LogP contribution < -0.4 is 5.32 Å². The van der Waals surface area contributed by atoms with Gasteiger partial charge >= 0.3 is 0 Å². The van der Waals surface area contributed by atoms with Crippen LogP contribution in [0.3, 0.4) is 0 Å². The summed E-state index contributed by atoms with van der Waals surface area (Å²) in [5, 5.41) is 3.08. The summed E-state index contributed by atoms with van der Waals surface area (Å²) in [5.74, 6) is -0.359. The third kappa shape index (κ3) is 4.53. The van der Waals surface area contributed by atoms with Gasteiger partial charge in [0, 0.05) is 30.6 Å². The van der Waals surface area contributed by atoms with Crippen molar-refractivity contribution in [2.45, 2.75) is 45.6 Å². The van der Waals surface area contributed by atoms with E-state index in [4.69, 9.17) is 0 Å². The van der Waals surface area contributed by atoms with Gasteiger partial charge in [-0.25, -0.2) is 4.39 Å². The molecule has 1 fully saturated rings. The Hall–Kier alpha value is -1.91. The topological polar surface area (TPSA) is 49.4 Å². The largest absolute Gasteiger partial charge is 0.353 e. The van der Waals surface area contributed by atoms with Gasteiger partial charge in [0.15, 0.2) is 0 Å². The minimum Gasteiger partial charge on any atom is -0.353 e. The molecule has 126 valence electrons. The molecule has 1 aliphatic rings. The number of nitrogens with zero attached hydrogens (tertiary/aromatic N) is 1. The van der Waals surface area contributed by atoms with Crippen LogP contribution in [0.5, 0.6) is 0 Å². The van der Waals surface area contributed by atoms with Crippen LogP contribution in [0, 0.1) is 11.7 Å². The molecular formula is C18H25FN2O2. The van der Waals surface area contributed by atoms with E-state index in [1.54, 1.807) is 4.90 Å². The number of benzene rings is 1. The van der Waals surface area contributed by atoms with Gasteiger partial charge in [0.05, 0.1) is 0 Å². The molecule has 1 saturated heterocycles. The molecule has 2 rings (SSSR count). The van der Waals surface area contributed by atoms with Crippen LogP contribution in [-0.4, -0.2) is 35.8 Å². The van der Waals surface area contributed by atoms with Crippen molar-refractivity contribution >= 4 is 11.8 Å². The normalized spacial score (nSPS) is 15.7. The second-order valence-electron chi connectivity index (χ2n) is 6.10. The predicted octanol–water partition coefficient (Wildman–Crippen LogP) is 2.98. The number of hydrogen-bond acceptors (Lipinski definition) is 2. The average Bonchev–Trinajstić information content (AvgIpc) is 2.59. The number of amides is 2. The summed E-state index contributed by atoms with van der Waals surface area (Å²) < 4.78 is 12.9. The zero-order chi connectivity index (χ0) is 16.8. The van der Waals surface area contributed by atoms with Crippen molar-refractivity contribution < 1.29 is 14.0 Å². The number of carbonyl (C=O) groups is 2. The third-order valence-electron chi connectivity index (χ3n) is 4.58. The summed E-state index contributed by atoms with van der Waals surface area (Å²) in [4.78, 5) is 26.4. The van der Waals surface area contributed by atoms with Crippen molar-refractivity contribution in [1.29, 1.82) is 0 Å². The molecule has 4 nitrogen and oxygen atoms in total. The van der Waals surface area contributed by atoms with Crippen molar-refractivity contribution in [3.05, 3.63) is 35.6 Å². The lowest BCUT2D eigenvalue weighted by atomic mass is 9.94. The van der Waals surface area contributed by atoms with Gasteiger partial charge in [-0.1, -0.05) is 13.8 Å². The van der Waals surface area contributed by atoms with Gasteiger partial charge in [-0.2, -0.15) is 0 Å². The van der Waals surface area contributed by atoms with Crippen molar-refractivity contribution in [3.63, 3.8) is 0 Å². The summed E-state index contributed by atoms with van der Waals surface area (Å²) in [6.07, 6.45) is 3.23. The maximum absolute atomic E-state index is 12.9. The minimum atomic E-state index is -0.349. The van der Waals surface area contributed by atoms with Gasteiger partial charge in [0.25, 0.3) is 5.91 Å². The predicted molar refractivity (Wildman–Crippen MR) is 87.5 cm³/mol. The average molecular weight is 320 g/mol. The van der Waals surface area contributed by atoms with Crippen molar-refractivity contribution in [1.82, 2.24) is 10.2 Å². The molecule has 1 N–H and O–H groups in total. The Balaban J connectivity index is 1.87. The van der Waals surface area contributed by atoms with E-state index in [1.165, 1.54) is 24.3 Å². The molecule has 1 aromatic rings. The van der Waals surface area contributed by atoms with Crippen molar-refractivity contribution in [3.8, 4) is 0 Å². The highest BCUT2D eigenvalue weighted by Crippen LogP contribution is 2.20. The maximum Gasteiger partial charge on any atom is 0.253 e. The molecular weight excluding hydrogens is 295 g/mol. The van der Waals surface area contributed by atoms with E-state index in [0.29, 0.717) is 31.5 Å². The maximum atomic E-state index is 12.9. The summed E-state index contributed by atoms with van der Waals surface area (Å²) in [5.41, 5.74) is 0.492. The van der Waals surface area contributed by atoms with E-state index in [2.05, 4.69) is 19.2 Å². The lowest BCUT2D eigenvalue weighted by Crippen LogP contribution is -2.45. The second-order valence-corrected chi connectivity index (χ2v) is 6.10. The van der Waals surface area contributed by atoms with Gasteiger partial charge in [0.1, 0.15) is 5.82 Å². The van der Waals surface area contributed by atoms with Crippen LogP contribution in [0.25, 0.3) is 0 Å². The zero-order valence-corrected chi connectivity index (χ0v) is 13.8. The lowest BCUT2D eigenvalue weighted by molar-refractivity contribution is -0.127. The quantitative estimate of drug-likeness (QED) is 0.907. The Morgan fingerprint density at radius 2 is 1.74 bits per heavy atom. The van der Waals surface area contributed by atoms with E-state index in [0.717, 1.165) is 12.8 Å². The van der Waals surface area contributed by atoms with E-state index >= 15 is 0 Å². The molecule has 0 aliphatic carbocycles. The summed E-state index contributed by atoms with van der Waals surface area (Å²) in [6.45, 7) is 5.27. The van der Waals surface area contributed by atoms with Gasteiger partial charge in [-0.05, 0) is 49.9 Å². The summed E-state index contributed by atoms with van der Waals surface area (Å²) in [6, 6.07) is 5.83. The molecule has 0 spiro atoms. The fraction of sp³-hybridized carbons (Fsp3) is 0.556. The van der Waals surface area contributed by atoms with Gasteiger partial charge in [-0.15, -0.1) is 0 Å². The van der Waals surface area contributed by atoms with Crippen LogP contribution in [0.2, 0.25) is 0 Å². The number of hydrogen-bond donors (Lipinski definition) is 1. The smallest absolute Gasteiger partial charge is 0.253 e. The molecule has 0 unspecified atom stereocenters. The van der Waals surface area contributed by atoms with Gasteiger partial charge < -0.3 is 10.2 Å². The Labute approximate surface area is 137 Å². The fourth-order valence-electron chi connectivity index (χ4n) is 2.93. The SMILES string of the molecule is CCC(CC)NC(=O)C1CCN(C(=O)c2ccc(F)cc2)CC1. The molecule has 5 heteroatoms. The monoisotopic (exact) mass is 320 g/mol. The highest BCUT2D eigenvalue weighted by molar-refractivity contribution is 5.94. The molecule has 2 amide bonds. The third-order valence-corrected chi connectivity index (χ3v) is 4.58. The lowest BCUT2D eigenvalue weighted by Gasteiger charge is -2.32. The molecule has 0 aromatic heterocycles. The first-order chi connectivity index (χ1) is 11.0. The van der Waals surface area contributed by atoms with Gasteiger partial charge in [-0.3, -0.25) is 9.59 Å². The van der Waals surface area contributed by atoms with Crippen molar-refractivity contribution in [2.24, 2.45) is 5.92 Å². The van der Waals surface area contributed by atoms with Crippen LogP contribution in [-0.2, 0) is 4.79 Å². The Bertz CT molecular complexity index is 532. The highest BCUT2D eigenvalue weighted by atomic mass is 19.1. The first-order valence-corrected chi connectivity index (χ1v) is 8.40. The van der Waals surface area contributed by atoms with Crippen LogP contribution in [0.1, 0.15) is 49.9 Å². The number of carbonyl (C=O) groups excluding carboxylic acids is 2. The van der Waals surface area contributed by atoms with Crippen LogP contribution in [0.15, 0.2) is 24.3 Å². The summed E-state index contributed by atoms with van der Waals surface area (Å²) >= 11 is 0. The standard InChI is InChI=1S/C18H25FN2O2/c1-3-16(4-2)20-17(22)13-9-11-21(12-10-13)18(23)14-5-7-15(19)8-6-14/h5-8,13,16H,3-4,9-12H2,1-2H3,(H,20,22). The molecule has 0 atom stereocenters. The van der Waals surface area contributed by atoms with E-state index in [1.807, 2.05) is 0 Å². The molecule has 23 heavy (non-hydrogen) atoms. The molecule has 1 heterocycles. The van der Waals surface area contributed by atoms with Gasteiger partial charge in [0.2, 0.25) is 5.91 Å². The number of nitrogens with one attached hydrogen (secondary N) is 1. The van der Waals surface area contributed by atoms with E-state index < -0.39 is 0 Å². The highest BCUT2D eigenvalue weighted by Gasteiger charge is 2.28. The molecule has 0 radical (unpaired) electrons. The second kappa shape index (κ2) is 8.09. The summed E-state index contributed by atoms with van der Waals surface area (Å²) in [7, 11) is 0. The van der Waals surface area contributed by atoms with Crippen molar-refractivity contribution in [2.75, 3.05) is 13.1 Å². The first-order valence-electron chi connectivity index (χ1n) is 8.40.